The molecule has 0 spiro atoms. The lowest BCUT2D eigenvalue weighted by molar-refractivity contribution is 0.482. The average Bonchev–Trinajstić information content (AvgIpc) is 2.82. The molecule has 1 fully saturated rings. The van der Waals surface area contributed by atoms with Gasteiger partial charge in [-0.15, -0.1) is 5.10 Å². The van der Waals surface area contributed by atoms with Crippen molar-refractivity contribution in [1.82, 2.24) is 14.8 Å². The number of nitrogens with zero attached hydrogens (tertiary/aromatic N) is 3. The molecule has 1 aromatic rings. The number of anilines is 1. The van der Waals surface area contributed by atoms with Crippen LogP contribution in [-0.4, -0.2) is 27.4 Å². The van der Waals surface area contributed by atoms with Gasteiger partial charge in [0.15, 0.2) is 4.77 Å². The first-order valence-corrected chi connectivity index (χ1v) is 6.47. The van der Waals surface area contributed by atoms with Crippen LogP contribution >= 0.6 is 12.2 Å². The van der Waals surface area contributed by atoms with Crippen LogP contribution < -0.4 is 4.90 Å². The van der Waals surface area contributed by atoms with Crippen molar-refractivity contribution in [1.29, 1.82) is 0 Å². The highest BCUT2D eigenvalue weighted by atomic mass is 32.1. The number of H-pyrrole nitrogens is 1. The van der Waals surface area contributed by atoms with E-state index in [2.05, 4.69) is 40.4 Å². The molecule has 1 aromatic heterocycles. The van der Waals surface area contributed by atoms with Crippen LogP contribution in [0.3, 0.4) is 0 Å². The number of rotatable bonds is 3. The molecule has 4 nitrogen and oxygen atoms in total. The molecule has 16 heavy (non-hydrogen) atoms. The minimum Gasteiger partial charge on any atom is -0.338 e. The molecule has 0 saturated carbocycles. The van der Waals surface area contributed by atoms with Gasteiger partial charge in [0.25, 0.3) is 0 Å². The molecule has 90 valence electrons. The van der Waals surface area contributed by atoms with Gasteiger partial charge in [-0.25, -0.2) is 5.10 Å². The zero-order valence-electron chi connectivity index (χ0n) is 10.2. The van der Waals surface area contributed by atoms with Crippen LogP contribution in [0.25, 0.3) is 0 Å². The molecular weight excluding hydrogens is 220 g/mol. The van der Waals surface area contributed by atoms with Gasteiger partial charge < -0.3 is 4.90 Å². The van der Waals surface area contributed by atoms with Crippen molar-refractivity contribution in [3.05, 3.63) is 4.77 Å². The molecule has 2 heterocycles. The summed E-state index contributed by atoms with van der Waals surface area (Å²) in [5.74, 6) is 1.68. The summed E-state index contributed by atoms with van der Waals surface area (Å²) in [5.41, 5.74) is 0. The van der Waals surface area contributed by atoms with E-state index in [1.165, 1.54) is 12.8 Å². The van der Waals surface area contributed by atoms with Crippen LogP contribution in [0.2, 0.25) is 0 Å². The summed E-state index contributed by atoms with van der Waals surface area (Å²) >= 11 is 5.23. The van der Waals surface area contributed by atoms with Crippen molar-refractivity contribution in [2.45, 2.75) is 46.2 Å². The van der Waals surface area contributed by atoms with Crippen molar-refractivity contribution >= 4 is 18.2 Å². The van der Waals surface area contributed by atoms with E-state index in [1.807, 2.05) is 0 Å². The van der Waals surface area contributed by atoms with Crippen LogP contribution in [0.15, 0.2) is 0 Å². The molecule has 0 aromatic carbocycles. The van der Waals surface area contributed by atoms with E-state index in [-0.39, 0.29) is 0 Å². The minimum absolute atomic E-state index is 0.607. The molecule has 1 N–H and O–H groups in total. The highest BCUT2D eigenvalue weighted by Gasteiger charge is 2.30. The third-order valence-corrected chi connectivity index (χ3v) is 3.69. The van der Waals surface area contributed by atoms with Gasteiger partial charge in [-0.05, 0) is 37.9 Å². The summed E-state index contributed by atoms with van der Waals surface area (Å²) in [6.45, 7) is 8.64. The number of aromatic amines is 1. The predicted octanol–water partition coefficient (Wildman–Crippen LogP) is 2.59. The lowest BCUT2D eigenvalue weighted by atomic mass is 10.0. The summed E-state index contributed by atoms with van der Waals surface area (Å²) in [7, 11) is 0. The minimum atomic E-state index is 0.607. The van der Waals surface area contributed by atoms with Gasteiger partial charge in [0.2, 0.25) is 5.95 Å². The van der Waals surface area contributed by atoms with Crippen molar-refractivity contribution in [2.24, 2.45) is 5.92 Å². The molecule has 5 heteroatoms. The van der Waals surface area contributed by atoms with Gasteiger partial charge in [-0.2, -0.15) is 0 Å². The van der Waals surface area contributed by atoms with E-state index in [1.54, 1.807) is 0 Å². The van der Waals surface area contributed by atoms with Crippen LogP contribution in [-0.2, 0) is 6.54 Å². The van der Waals surface area contributed by atoms with Crippen molar-refractivity contribution < 1.29 is 0 Å². The SMILES string of the molecule is CCn1c(N2CCCC2C(C)C)n[nH]c1=S. The lowest BCUT2D eigenvalue weighted by Crippen LogP contribution is -2.35. The third kappa shape index (κ3) is 1.88. The summed E-state index contributed by atoms with van der Waals surface area (Å²) < 4.78 is 2.81. The second-order valence-corrected chi connectivity index (χ2v) is 5.11. The third-order valence-electron chi connectivity index (χ3n) is 3.38. The van der Waals surface area contributed by atoms with E-state index in [4.69, 9.17) is 12.2 Å². The highest BCUT2D eigenvalue weighted by molar-refractivity contribution is 7.71. The summed E-state index contributed by atoms with van der Waals surface area (Å²) in [4.78, 5) is 2.40. The second kappa shape index (κ2) is 4.57. The summed E-state index contributed by atoms with van der Waals surface area (Å²) in [6, 6.07) is 0.607. The maximum atomic E-state index is 5.23. The van der Waals surface area contributed by atoms with E-state index in [0.29, 0.717) is 12.0 Å². The Bertz CT molecular complexity index is 406. The maximum absolute atomic E-state index is 5.23. The fourth-order valence-corrected chi connectivity index (χ4v) is 2.80. The smallest absolute Gasteiger partial charge is 0.225 e. The van der Waals surface area contributed by atoms with Crippen LogP contribution in [0.5, 0.6) is 0 Å². The Balaban J connectivity index is 2.32. The van der Waals surface area contributed by atoms with Gasteiger partial charge in [0, 0.05) is 19.1 Å². The first-order chi connectivity index (χ1) is 7.65. The number of hydrogen-bond acceptors (Lipinski definition) is 3. The van der Waals surface area contributed by atoms with Crippen LogP contribution in [0, 0.1) is 10.7 Å². The van der Waals surface area contributed by atoms with Crippen LogP contribution in [0.1, 0.15) is 33.6 Å². The Kier molecular flexibility index (Phi) is 3.33. The molecule has 1 aliphatic rings. The summed E-state index contributed by atoms with van der Waals surface area (Å²) in [6.07, 6.45) is 2.52. The van der Waals surface area contributed by atoms with E-state index in [0.717, 1.165) is 23.8 Å². The molecule has 1 unspecified atom stereocenters. The quantitative estimate of drug-likeness (QED) is 0.825. The normalized spacial score (nSPS) is 21.0. The van der Waals surface area contributed by atoms with E-state index >= 15 is 0 Å². The Labute approximate surface area is 102 Å². The van der Waals surface area contributed by atoms with Gasteiger partial charge in [0.1, 0.15) is 0 Å². The fraction of sp³-hybridized carbons (Fsp3) is 0.818. The van der Waals surface area contributed by atoms with Gasteiger partial charge in [-0.1, -0.05) is 13.8 Å². The second-order valence-electron chi connectivity index (χ2n) is 4.72. The standard InChI is InChI=1S/C11H20N4S/c1-4-14-10(12-13-11(14)16)15-7-5-6-9(15)8(2)3/h8-9H,4-7H2,1-3H3,(H,13,16). The highest BCUT2D eigenvalue weighted by Crippen LogP contribution is 2.28. The summed E-state index contributed by atoms with van der Waals surface area (Å²) in [5, 5.41) is 7.27. The predicted molar refractivity (Wildman–Crippen MR) is 68.3 cm³/mol. The largest absolute Gasteiger partial charge is 0.338 e. The average molecular weight is 240 g/mol. The van der Waals surface area contributed by atoms with Gasteiger partial charge >= 0.3 is 0 Å². The Morgan fingerprint density at radius 3 is 2.94 bits per heavy atom. The fourth-order valence-electron chi connectivity index (χ4n) is 2.55. The molecule has 0 aliphatic carbocycles. The molecule has 0 bridgehead atoms. The van der Waals surface area contributed by atoms with Gasteiger partial charge in [0.05, 0.1) is 0 Å². The zero-order chi connectivity index (χ0) is 11.7. The number of nitrogens with one attached hydrogen (secondary N) is 1. The number of hydrogen-bond donors (Lipinski definition) is 1. The van der Waals surface area contributed by atoms with Gasteiger partial charge in [-0.3, -0.25) is 4.57 Å². The molecule has 0 amide bonds. The van der Waals surface area contributed by atoms with Crippen molar-refractivity contribution in [3.63, 3.8) is 0 Å². The van der Waals surface area contributed by atoms with E-state index < -0.39 is 0 Å². The first-order valence-electron chi connectivity index (χ1n) is 6.07. The van der Waals surface area contributed by atoms with Crippen molar-refractivity contribution in [3.8, 4) is 0 Å². The molecule has 0 radical (unpaired) electrons. The van der Waals surface area contributed by atoms with Crippen molar-refractivity contribution in [2.75, 3.05) is 11.4 Å². The topological polar surface area (TPSA) is 36.9 Å². The monoisotopic (exact) mass is 240 g/mol. The Hall–Kier alpha value is -0.840. The molecule has 2 rings (SSSR count). The Morgan fingerprint density at radius 2 is 2.31 bits per heavy atom. The molecule has 1 saturated heterocycles. The lowest BCUT2D eigenvalue weighted by Gasteiger charge is -2.28. The molecule has 1 atom stereocenters. The molecular formula is C11H20N4S. The Morgan fingerprint density at radius 1 is 1.56 bits per heavy atom. The zero-order valence-corrected chi connectivity index (χ0v) is 11.0. The van der Waals surface area contributed by atoms with E-state index in [9.17, 15) is 0 Å². The number of aromatic nitrogens is 3. The van der Waals surface area contributed by atoms with Crippen LogP contribution in [0.4, 0.5) is 5.95 Å². The first kappa shape index (κ1) is 11.6. The molecule has 1 aliphatic heterocycles. The maximum Gasteiger partial charge on any atom is 0.225 e.